The summed E-state index contributed by atoms with van der Waals surface area (Å²) in [6.45, 7) is 5.67. The minimum absolute atomic E-state index is 0.0693. The van der Waals surface area contributed by atoms with Crippen molar-refractivity contribution in [2.45, 2.75) is 39.7 Å². The standard InChI is InChI=1S/C9H15N3O2/c1-4-6(2)10-9(13)5-8-11-7(3)14-12-8/h6H,4-5H2,1-3H3,(H,10,13). The van der Waals surface area contributed by atoms with Crippen LogP contribution in [0, 0.1) is 6.92 Å². The van der Waals surface area contributed by atoms with Crippen LogP contribution in [-0.4, -0.2) is 22.1 Å². The third-order valence-corrected chi connectivity index (χ3v) is 1.91. The summed E-state index contributed by atoms with van der Waals surface area (Å²) in [6, 6.07) is 0.190. The van der Waals surface area contributed by atoms with Crippen LogP contribution in [-0.2, 0) is 11.2 Å². The number of nitrogens with zero attached hydrogens (tertiary/aromatic N) is 2. The zero-order chi connectivity index (χ0) is 10.6. The first-order chi connectivity index (χ1) is 6.61. The third kappa shape index (κ3) is 3.16. The molecule has 0 bridgehead atoms. The molecule has 0 saturated heterocycles. The summed E-state index contributed by atoms with van der Waals surface area (Å²) in [7, 11) is 0. The first kappa shape index (κ1) is 10.7. The number of hydrogen-bond donors (Lipinski definition) is 1. The van der Waals surface area contributed by atoms with E-state index >= 15 is 0 Å². The fourth-order valence-corrected chi connectivity index (χ4v) is 0.985. The number of aryl methyl sites for hydroxylation is 1. The fourth-order valence-electron chi connectivity index (χ4n) is 0.985. The number of aromatic nitrogens is 2. The monoisotopic (exact) mass is 197 g/mol. The van der Waals surface area contributed by atoms with Crippen LogP contribution in [0.5, 0.6) is 0 Å². The Hall–Kier alpha value is -1.39. The number of carbonyl (C=O) groups excluding carboxylic acids is 1. The van der Waals surface area contributed by atoms with Crippen LogP contribution in [0.25, 0.3) is 0 Å². The Bertz CT molecular complexity index is 309. The van der Waals surface area contributed by atoms with Crippen molar-refractivity contribution < 1.29 is 9.32 Å². The van der Waals surface area contributed by atoms with Crippen LogP contribution >= 0.6 is 0 Å². The minimum Gasteiger partial charge on any atom is -0.353 e. The summed E-state index contributed by atoms with van der Waals surface area (Å²) in [4.78, 5) is 15.3. The molecule has 0 spiro atoms. The van der Waals surface area contributed by atoms with Gasteiger partial charge in [-0.2, -0.15) is 4.98 Å². The number of amides is 1. The lowest BCUT2D eigenvalue weighted by Gasteiger charge is -2.09. The highest BCUT2D eigenvalue weighted by Gasteiger charge is 2.10. The molecule has 1 heterocycles. The molecule has 1 unspecified atom stereocenters. The quantitative estimate of drug-likeness (QED) is 0.776. The molecular weight excluding hydrogens is 182 g/mol. The topological polar surface area (TPSA) is 68.0 Å². The highest BCUT2D eigenvalue weighted by atomic mass is 16.5. The Morgan fingerprint density at radius 3 is 2.86 bits per heavy atom. The molecule has 1 aromatic rings. The van der Waals surface area contributed by atoms with Crippen molar-refractivity contribution in [2.24, 2.45) is 0 Å². The van der Waals surface area contributed by atoms with Gasteiger partial charge in [0.2, 0.25) is 11.8 Å². The van der Waals surface area contributed by atoms with Crippen molar-refractivity contribution in [3.05, 3.63) is 11.7 Å². The van der Waals surface area contributed by atoms with Crippen LogP contribution in [0.3, 0.4) is 0 Å². The van der Waals surface area contributed by atoms with Crippen molar-refractivity contribution in [3.8, 4) is 0 Å². The zero-order valence-corrected chi connectivity index (χ0v) is 8.70. The molecule has 14 heavy (non-hydrogen) atoms. The predicted molar refractivity (Wildman–Crippen MR) is 50.6 cm³/mol. The summed E-state index contributed by atoms with van der Waals surface area (Å²) in [6.07, 6.45) is 1.10. The third-order valence-electron chi connectivity index (χ3n) is 1.91. The van der Waals surface area contributed by atoms with Gasteiger partial charge in [-0.25, -0.2) is 0 Å². The van der Waals surface area contributed by atoms with Crippen molar-refractivity contribution >= 4 is 5.91 Å². The van der Waals surface area contributed by atoms with Gasteiger partial charge in [0.05, 0.1) is 6.42 Å². The van der Waals surface area contributed by atoms with Gasteiger partial charge in [-0.1, -0.05) is 12.1 Å². The maximum atomic E-state index is 11.4. The Kier molecular flexibility index (Phi) is 3.62. The molecule has 0 saturated carbocycles. The molecule has 0 radical (unpaired) electrons. The van der Waals surface area contributed by atoms with E-state index in [4.69, 9.17) is 4.52 Å². The van der Waals surface area contributed by atoms with Crippen molar-refractivity contribution in [3.63, 3.8) is 0 Å². The van der Waals surface area contributed by atoms with Gasteiger partial charge in [-0.05, 0) is 13.3 Å². The normalized spacial score (nSPS) is 12.5. The van der Waals surface area contributed by atoms with Gasteiger partial charge in [0.1, 0.15) is 0 Å². The Labute approximate surface area is 82.9 Å². The molecule has 0 aliphatic rings. The number of nitrogens with one attached hydrogen (secondary N) is 1. The van der Waals surface area contributed by atoms with Gasteiger partial charge >= 0.3 is 0 Å². The molecule has 5 nitrogen and oxygen atoms in total. The fraction of sp³-hybridized carbons (Fsp3) is 0.667. The van der Waals surface area contributed by atoms with Crippen LogP contribution in [0.2, 0.25) is 0 Å². The first-order valence-electron chi connectivity index (χ1n) is 4.70. The van der Waals surface area contributed by atoms with Crippen LogP contribution in [0.4, 0.5) is 0 Å². The highest BCUT2D eigenvalue weighted by Crippen LogP contribution is 1.96. The summed E-state index contributed by atoms with van der Waals surface area (Å²) in [5, 5.41) is 6.47. The largest absolute Gasteiger partial charge is 0.353 e. The second kappa shape index (κ2) is 4.74. The van der Waals surface area contributed by atoms with E-state index in [1.165, 1.54) is 0 Å². The van der Waals surface area contributed by atoms with Crippen molar-refractivity contribution in [1.29, 1.82) is 0 Å². The molecule has 1 amide bonds. The van der Waals surface area contributed by atoms with E-state index in [-0.39, 0.29) is 18.4 Å². The summed E-state index contributed by atoms with van der Waals surface area (Å²) >= 11 is 0. The van der Waals surface area contributed by atoms with Gasteiger partial charge in [0.25, 0.3) is 0 Å². The molecule has 1 N–H and O–H groups in total. The van der Waals surface area contributed by atoms with E-state index in [1.807, 2.05) is 13.8 Å². The average Bonchev–Trinajstić information content (AvgIpc) is 2.50. The smallest absolute Gasteiger partial charge is 0.228 e. The van der Waals surface area contributed by atoms with E-state index in [2.05, 4.69) is 15.5 Å². The maximum absolute atomic E-state index is 11.4. The van der Waals surface area contributed by atoms with E-state index in [0.29, 0.717) is 11.7 Å². The second-order valence-corrected chi connectivity index (χ2v) is 3.28. The van der Waals surface area contributed by atoms with E-state index in [9.17, 15) is 4.79 Å². The molecule has 0 aliphatic heterocycles. The number of hydrogen-bond acceptors (Lipinski definition) is 4. The number of carbonyl (C=O) groups is 1. The molecule has 1 atom stereocenters. The summed E-state index contributed by atoms with van der Waals surface area (Å²) in [5.41, 5.74) is 0. The molecule has 5 heteroatoms. The van der Waals surface area contributed by atoms with Gasteiger partial charge in [-0.15, -0.1) is 0 Å². The first-order valence-corrected chi connectivity index (χ1v) is 4.70. The lowest BCUT2D eigenvalue weighted by Crippen LogP contribution is -2.33. The molecule has 1 rings (SSSR count). The molecule has 78 valence electrons. The lowest BCUT2D eigenvalue weighted by molar-refractivity contribution is -0.121. The SMILES string of the molecule is CCC(C)NC(=O)Cc1noc(C)n1. The van der Waals surface area contributed by atoms with Gasteiger partial charge in [0, 0.05) is 13.0 Å². The molecule has 0 aromatic carbocycles. The Balaban J connectivity index is 2.41. The van der Waals surface area contributed by atoms with E-state index < -0.39 is 0 Å². The molecular formula is C9H15N3O2. The lowest BCUT2D eigenvalue weighted by atomic mass is 10.2. The number of rotatable bonds is 4. The van der Waals surface area contributed by atoms with Crippen LogP contribution < -0.4 is 5.32 Å². The van der Waals surface area contributed by atoms with E-state index in [1.54, 1.807) is 6.92 Å². The highest BCUT2D eigenvalue weighted by molar-refractivity contribution is 5.77. The Morgan fingerprint density at radius 1 is 1.64 bits per heavy atom. The van der Waals surface area contributed by atoms with Gasteiger partial charge in [0.15, 0.2) is 5.82 Å². The van der Waals surface area contributed by atoms with Crippen LogP contribution in [0.15, 0.2) is 4.52 Å². The summed E-state index contributed by atoms with van der Waals surface area (Å²) < 4.78 is 4.76. The van der Waals surface area contributed by atoms with Crippen molar-refractivity contribution in [1.82, 2.24) is 15.5 Å². The molecule has 0 aliphatic carbocycles. The van der Waals surface area contributed by atoms with Gasteiger partial charge < -0.3 is 9.84 Å². The summed E-state index contributed by atoms with van der Waals surface area (Å²) in [5.74, 6) is 0.847. The minimum atomic E-state index is -0.0693. The molecule has 0 fully saturated rings. The van der Waals surface area contributed by atoms with Gasteiger partial charge in [-0.3, -0.25) is 4.79 Å². The molecule has 1 aromatic heterocycles. The van der Waals surface area contributed by atoms with Crippen molar-refractivity contribution in [2.75, 3.05) is 0 Å². The average molecular weight is 197 g/mol. The van der Waals surface area contributed by atoms with E-state index in [0.717, 1.165) is 6.42 Å². The Morgan fingerprint density at radius 2 is 2.36 bits per heavy atom. The zero-order valence-electron chi connectivity index (χ0n) is 8.70. The van der Waals surface area contributed by atoms with Crippen LogP contribution in [0.1, 0.15) is 32.0 Å². The second-order valence-electron chi connectivity index (χ2n) is 3.28. The maximum Gasteiger partial charge on any atom is 0.228 e. The predicted octanol–water partition coefficient (Wildman–Crippen LogP) is 0.835.